The number of rotatable bonds is 4. The molecule has 0 aliphatic heterocycles. The second kappa shape index (κ2) is 5.06. The van der Waals surface area contributed by atoms with E-state index in [0.717, 1.165) is 5.52 Å². The molecule has 100 valence electrons. The van der Waals surface area contributed by atoms with Crippen molar-refractivity contribution in [3.8, 4) is 5.75 Å². The van der Waals surface area contributed by atoms with Gasteiger partial charge < -0.3 is 14.3 Å². The van der Waals surface area contributed by atoms with E-state index in [1.807, 2.05) is 6.07 Å². The van der Waals surface area contributed by atoms with Crippen molar-refractivity contribution in [3.63, 3.8) is 0 Å². The molecular formula is C14H15NO4. The van der Waals surface area contributed by atoms with Crippen molar-refractivity contribution in [2.45, 2.75) is 0 Å². The van der Waals surface area contributed by atoms with Crippen LogP contribution in [0.5, 0.6) is 5.75 Å². The van der Waals surface area contributed by atoms with Crippen LogP contribution in [0.15, 0.2) is 24.8 Å². The number of hydrogen-bond donors (Lipinski definition) is 0. The molecule has 0 spiro atoms. The van der Waals surface area contributed by atoms with E-state index >= 15 is 0 Å². The molecule has 0 unspecified atom stereocenters. The molecule has 1 aromatic carbocycles. The number of fused-ring (bicyclic) bond motifs is 1. The van der Waals surface area contributed by atoms with Crippen molar-refractivity contribution in [1.29, 1.82) is 0 Å². The molecule has 0 amide bonds. The number of benzene rings is 1. The SMILES string of the molecule is C=Cc1c(C(=O)OC)c2cc(OC)ccc2n1OC. The Kier molecular flexibility index (Phi) is 3.46. The van der Waals surface area contributed by atoms with E-state index in [2.05, 4.69) is 6.58 Å². The average molecular weight is 261 g/mol. The zero-order valence-electron chi connectivity index (χ0n) is 11.1. The van der Waals surface area contributed by atoms with Gasteiger partial charge in [-0.3, -0.25) is 0 Å². The van der Waals surface area contributed by atoms with Gasteiger partial charge in [0.1, 0.15) is 12.9 Å². The Morgan fingerprint density at radius 1 is 1.32 bits per heavy atom. The Labute approximate surface area is 110 Å². The second-order valence-electron chi connectivity index (χ2n) is 3.82. The Hall–Kier alpha value is -2.43. The minimum absolute atomic E-state index is 0.410. The summed E-state index contributed by atoms with van der Waals surface area (Å²) in [7, 11) is 4.43. The molecule has 0 radical (unpaired) electrons. The van der Waals surface area contributed by atoms with E-state index in [1.54, 1.807) is 25.3 Å². The fourth-order valence-corrected chi connectivity index (χ4v) is 2.09. The van der Waals surface area contributed by atoms with Gasteiger partial charge in [-0.15, -0.1) is 0 Å². The topological polar surface area (TPSA) is 49.7 Å². The summed E-state index contributed by atoms with van der Waals surface area (Å²) in [6.07, 6.45) is 1.56. The molecule has 5 heteroatoms. The summed E-state index contributed by atoms with van der Waals surface area (Å²) >= 11 is 0. The van der Waals surface area contributed by atoms with Gasteiger partial charge in [-0.2, -0.15) is 4.73 Å². The standard InChI is InChI=1S/C14H15NO4/c1-5-11-13(14(16)18-3)10-8-9(17-2)6-7-12(10)15(11)19-4/h5-8H,1H2,2-4H3. The number of aromatic nitrogens is 1. The van der Waals surface area contributed by atoms with Crippen LogP contribution in [-0.2, 0) is 4.74 Å². The molecule has 1 heterocycles. The number of ether oxygens (including phenoxy) is 2. The predicted molar refractivity (Wildman–Crippen MR) is 72.4 cm³/mol. The number of nitrogens with zero attached hydrogens (tertiary/aromatic N) is 1. The van der Waals surface area contributed by atoms with Crippen LogP contribution in [0.3, 0.4) is 0 Å². The van der Waals surface area contributed by atoms with Crippen molar-refractivity contribution >= 4 is 22.9 Å². The molecule has 0 atom stereocenters. The van der Waals surface area contributed by atoms with Crippen molar-refractivity contribution in [3.05, 3.63) is 36.0 Å². The zero-order valence-corrected chi connectivity index (χ0v) is 11.1. The Morgan fingerprint density at radius 3 is 2.58 bits per heavy atom. The van der Waals surface area contributed by atoms with Crippen LogP contribution in [0.25, 0.3) is 17.0 Å². The van der Waals surface area contributed by atoms with Crippen LogP contribution in [0.4, 0.5) is 0 Å². The highest BCUT2D eigenvalue weighted by Crippen LogP contribution is 2.30. The molecule has 2 rings (SSSR count). The van der Waals surface area contributed by atoms with Crippen molar-refractivity contribution in [2.24, 2.45) is 0 Å². The van der Waals surface area contributed by atoms with Crippen molar-refractivity contribution in [2.75, 3.05) is 21.3 Å². The van der Waals surface area contributed by atoms with Crippen LogP contribution < -0.4 is 9.57 Å². The first kappa shape index (κ1) is 13.0. The summed E-state index contributed by atoms with van der Waals surface area (Å²) in [5.74, 6) is 0.213. The highest BCUT2D eigenvalue weighted by molar-refractivity contribution is 6.08. The van der Waals surface area contributed by atoms with Crippen LogP contribution in [-0.4, -0.2) is 32.0 Å². The van der Waals surface area contributed by atoms with Gasteiger partial charge in [0.2, 0.25) is 0 Å². The molecule has 5 nitrogen and oxygen atoms in total. The Balaban J connectivity index is 2.87. The summed E-state index contributed by atoms with van der Waals surface area (Å²) in [5, 5.41) is 0.697. The predicted octanol–water partition coefficient (Wildman–Crippen LogP) is 2.14. The molecule has 0 N–H and O–H groups in total. The van der Waals surface area contributed by atoms with Gasteiger partial charge in [0.15, 0.2) is 0 Å². The molecule has 0 bridgehead atoms. The van der Waals surface area contributed by atoms with Gasteiger partial charge in [0.05, 0.1) is 31.0 Å². The first-order valence-corrected chi connectivity index (χ1v) is 5.65. The minimum Gasteiger partial charge on any atom is -0.497 e. The quantitative estimate of drug-likeness (QED) is 0.791. The lowest BCUT2D eigenvalue weighted by molar-refractivity contribution is 0.0600. The summed E-state index contributed by atoms with van der Waals surface area (Å²) in [6, 6.07) is 5.38. The number of hydrogen-bond acceptors (Lipinski definition) is 4. The maximum Gasteiger partial charge on any atom is 0.340 e. The van der Waals surface area contributed by atoms with Crippen molar-refractivity contribution in [1.82, 2.24) is 4.73 Å². The molecule has 0 fully saturated rings. The first-order chi connectivity index (χ1) is 9.17. The molecule has 0 aliphatic carbocycles. The van der Waals surface area contributed by atoms with Gasteiger partial charge >= 0.3 is 5.97 Å². The van der Waals surface area contributed by atoms with E-state index in [4.69, 9.17) is 14.3 Å². The second-order valence-corrected chi connectivity index (χ2v) is 3.82. The third-order valence-corrected chi connectivity index (χ3v) is 2.93. The van der Waals surface area contributed by atoms with Gasteiger partial charge in [0.25, 0.3) is 0 Å². The highest BCUT2D eigenvalue weighted by atomic mass is 16.6. The van der Waals surface area contributed by atoms with Crippen LogP contribution in [0.2, 0.25) is 0 Å². The van der Waals surface area contributed by atoms with E-state index in [9.17, 15) is 4.79 Å². The molecule has 0 aliphatic rings. The largest absolute Gasteiger partial charge is 0.497 e. The molecule has 0 saturated carbocycles. The maximum absolute atomic E-state index is 12.0. The molecule has 0 saturated heterocycles. The number of carbonyl (C=O) groups excluding carboxylic acids is 1. The lowest BCUT2D eigenvalue weighted by Gasteiger charge is -2.05. The smallest absolute Gasteiger partial charge is 0.340 e. The van der Waals surface area contributed by atoms with E-state index in [0.29, 0.717) is 22.4 Å². The number of carbonyl (C=O) groups is 1. The zero-order chi connectivity index (χ0) is 14.0. The summed E-state index contributed by atoms with van der Waals surface area (Å²) in [4.78, 5) is 17.3. The fourth-order valence-electron chi connectivity index (χ4n) is 2.09. The molecule has 19 heavy (non-hydrogen) atoms. The highest BCUT2D eigenvalue weighted by Gasteiger charge is 2.22. The number of esters is 1. The van der Waals surface area contributed by atoms with E-state index in [-0.39, 0.29) is 0 Å². The van der Waals surface area contributed by atoms with E-state index < -0.39 is 5.97 Å². The third-order valence-electron chi connectivity index (χ3n) is 2.93. The Bertz CT molecular complexity index is 642. The normalized spacial score (nSPS) is 10.3. The third kappa shape index (κ3) is 1.93. The minimum atomic E-state index is -0.441. The molecule has 1 aromatic heterocycles. The van der Waals surface area contributed by atoms with Gasteiger partial charge in [-0.05, 0) is 24.3 Å². The molecular weight excluding hydrogens is 246 g/mol. The average Bonchev–Trinajstić information content (AvgIpc) is 2.78. The summed E-state index contributed by atoms with van der Waals surface area (Å²) in [6.45, 7) is 3.71. The van der Waals surface area contributed by atoms with Crippen LogP contribution in [0, 0.1) is 0 Å². The summed E-state index contributed by atoms with van der Waals surface area (Å²) < 4.78 is 11.5. The monoisotopic (exact) mass is 261 g/mol. The fraction of sp³-hybridized carbons (Fsp3) is 0.214. The summed E-state index contributed by atoms with van der Waals surface area (Å²) in [5.41, 5.74) is 1.71. The Morgan fingerprint density at radius 2 is 2.05 bits per heavy atom. The van der Waals surface area contributed by atoms with Crippen molar-refractivity contribution < 1.29 is 19.1 Å². The van der Waals surface area contributed by atoms with E-state index in [1.165, 1.54) is 19.0 Å². The lowest BCUT2D eigenvalue weighted by atomic mass is 10.1. The lowest BCUT2D eigenvalue weighted by Crippen LogP contribution is -2.09. The first-order valence-electron chi connectivity index (χ1n) is 5.65. The maximum atomic E-state index is 12.0. The van der Waals surface area contributed by atoms with Gasteiger partial charge in [-0.25, -0.2) is 4.79 Å². The van der Waals surface area contributed by atoms with Crippen LogP contribution in [0.1, 0.15) is 16.1 Å². The van der Waals surface area contributed by atoms with Crippen LogP contribution >= 0.6 is 0 Å². The van der Waals surface area contributed by atoms with Gasteiger partial charge in [0, 0.05) is 5.39 Å². The molecule has 2 aromatic rings. The van der Waals surface area contributed by atoms with Gasteiger partial charge in [-0.1, -0.05) is 6.58 Å². The number of methoxy groups -OCH3 is 2.